The maximum absolute atomic E-state index is 12.4. The van der Waals surface area contributed by atoms with E-state index >= 15 is 0 Å². The molecule has 0 radical (unpaired) electrons. The number of hydrogen-bond donors (Lipinski definition) is 5. The van der Waals surface area contributed by atoms with Gasteiger partial charge in [-0.1, -0.05) is 5.92 Å². The number of nitrogens with zero attached hydrogens (tertiary/aromatic N) is 5. The number of rotatable bonds is 5. The maximum atomic E-state index is 12.4. The minimum Gasteiger partial charge on any atom is -0.445 e. The summed E-state index contributed by atoms with van der Waals surface area (Å²) in [7, 11) is 0. The summed E-state index contributed by atoms with van der Waals surface area (Å²) in [6.07, 6.45) is -0.963. The van der Waals surface area contributed by atoms with E-state index in [1.807, 2.05) is 0 Å². The Morgan fingerprint density at radius 3 is 2.77 bits per heavy atom. The number of likely N-dealkylation sites (N-methyl/N-ethyl adjacent to an activating group) is 1. The van der Waals surface area contributed by atoms with E-state index in [9.17, 15) is 19.8 Å². The number of nitrogen functional groups attached to an aromatic ring is 1. The summed E-state index contributed by atoms with van der Waals surface area (Å²) >= 11 is 0. The van der Waals surface area contributed by atoms with Crippen molar-refractivity contribution in [1.82, 2.24) is 35.1 Å². The number of aliphatic hydroxyl groups excluding tert-OH is 2. The largest absolute Gasteiger partial charge is 0.445 e. The minimum absolute atomic E-state index is 0.0438. The summed E-state index contributed by atoms with van der Waals surface area (Å²) in [6, 6.07) is 0. The number of likely N-dealkylation sites (tertiary alicyclic amines) is 1. The van der Waals surface area contributed by atoms with Gasteiger partial charge < -0.3 is 41.0 Å². The van der Waals surface area contributed by atoms with E-state index < -0.39 is 30.4 Å². The van der Waals surface area contributed by atoms with Crippen LogP contribution in [-0.4, -0.2) is 104 Å². The molecule has 39 heavy (non-hydrogen) atoms. The molecule has 0 saturated carbocycles. The molecule has 5 rings (SSSR count). The fourth-order valence-corrected chi connectivity index (χ4v) is 5.10. The molecule has 3 aliphatic rings. The Hall–Kier alpha value is -3.51. The monoisotopic (exact) mass is 542 g/mol. The molecule has 2 amide bonds. The number of piperidine rings is 1. The van der Waals surface area contributed by atoms with Crippen LogP contribution in [0.15, 0.2) is 6.33 Å². The number of aliphatic hydroxyl groups is 2. The van der Waals surface area contributed by atoms with E-state index in [4.69, 9.17) is 15.2 Å². The van der Waals surface area contributed by atoms with Crippen molar-refractivity contribution in [1.29, 1.82) is 0 Å². The Morgan fingerprint density at radius 2 is 2.05 bits per heavy atom. The topological polar surface area (TPSA) is 190 Å². The second kappa shape index (κ2) is 11.7. The Balaban J connectivity index is 1.22. The summed E-state index contributed by atoms with van der Waals surface area (Å²) in [6.45, 7) is 4.95. The number of aromatic nitrogens is 4. The van der Waals surface area contributed by atoms with E-state index in [-0.39, 0.29) is 29.5 Å². The third-order valence-electron chi connectivity index (χ3n) is 7.32. The molecular weight excluding hydrogens is 508 g/mol. The SMILES string of the molecule is CCNC(=O)[C@H]1O[C@@H](n2cnc3c(N)nc(C#CCC4CCN(C(=O)OC5CCNC5)CC4)nc32)C(O)[C@H]1O. The number of amides is 2. The molecule has 3 saturated heterocycles. The summed E-state index contributed by atoms with van der Waals surface area (Å²) in [5.41, 5.74) is 6.66. The van der Waals surface area contributed by atoms with E-state index in [0.29, 0.717) is 44.0 Å². The van der Waals surface area contributed by atoms with Gasteiger partial charge in [-0.15, -0.1) is 0 Å². The van der Waals surface area contributed by atoms with E-state index in [2.05, 4.69) is 37.4 Å². The van der Waals surface area contributed by atoms with Crippen molar-refractivity contribution in [2.75, 3.05) is 38.5 Å². The van der Waals surface area contributed by atoms with Gasteiger partial charge in [-0.05, 0) is 44.6 Å². The van der Waals surface area contributed by atoms with Crippen LogP contribution in [-0.2, 0) is 14.3 Å². The van der Waals surface area contributed by atoms with Gasteiger partial charge in [0.05, 0.1) is 6.33 Å². The van der Waals surface area contributed by atoms with Crippen LogP contribution in [0, 0.1) is 17.8 Å². The van der Waals surface area contributed by atoms with Crippen LogP contribution in [0.25, 0.3) is 11.2 Å². The van der Waals surface area contributed by atoms with Crippen molar-refractivity contribution in [3.05, 3.63) is 12.2 Å². The molecule has 2 aromatic rings. The highest BCUT2D eigenvalue weighted by Crippen LogP contribution is 2.32. The summed E-state index contributed by atoms with van der Waals surface area (Å²) in [5.74, 6) is 6.18. The van der Waals surface area contributed by atoms with Gasteiger partial charge in [-0.2, -0.15) is 0 Å². The number of nitrogens with one attached hydrogen (secondary N) is 2. The molecule has 2 unspecified atom stereocenters. The lowest BCUT2D eigenvalue weighted by Crippen LogP contribution is -2.42. The van der Waals surface area contributed by atoms with Gasteiger partial charge in [0.25, 0.3) is 5.91 Å². The molecule has 2 aromatic heterocycles. The van der Waals surface area contributed by atoms with Crippen LogP contribution in [0.4, 0.5) is 10.6 Å². The predicted molar refractivity (Wildman–Crippen MR) is 138 cm³/mol. The molecule has 5 heterocycles. The number of hydrogen-bond acceptors (Lipinski definition) is 11. The third-order valence-corrected chi connectivity index (χ3v) is 7.32. The van der Waals surface area contributed by atoms with Crippen LogP contribution in [0.1, 0.15) is 44.7 Å². The number of carbonyl (C=O) groups is 2. The number of anilines is 1. The molecular formula is C25H34N8O6. The van der Waals surface area contributed by atoms with E-state index in [1.165, 1.54) is 10.9 Å². The van der Waals surface area contributed by atoms with Gasteiger partial charge in [-0.25, -0.2) is 19.7 Å². The van der Waals surface area contributed by atoms with Crippen molar-refractivity contribution >= 4 is 29.0 Å². The second-order valence-electron chi connectivity index (χ2n) is 10.0. The average molecular weight is 543 g/mol. The molecule has 5 atom stereocenters. The first-order valence-corrected chi connectivity index (χ1v) is 13.3. The average Bonchev–Trinajstić information content (AvgIpc) is 3.65. The molecule has 3 fully saturated rings. The van der Waals surface area contributed by atoms with Crippen molar-refractivity contribution in [2.45, 2.75) is 63.3 Å². The number of fused-ring (bicyclic) bond motifs is 1. The van der Waals surface area contributed by atoms with Crippen LogP contribution >= 0.6 is 0 Å². The highest BCUT2D eigenvalue weighted by Gasteiger charge is 2.47. The minimum atomic E-state index is -1.43. The third kappa shape index (κ3) is 5.76. The first-order valence-electron chi connectivity index (χ1n) is 13.3. The van der Waals surface area contributed by atoms with Gasteiger partial charge in [0, 0.05) is 32.6 Å². The number of imidazole rings is 1. The van der Waals surface area contributed by atoms with Gasteiger partial charge in [0.1, 0.15) is 23.8 Å². The zero-order valence-electron chi connectivity index (χ0n) is 21.7. The lowest BCUT2D eigenvalue weighted by atomic mass is 9.94. The fourth-order valence-electron chi connectivity index (χ4n) is 5.10. The van der Waals surface area contributed by atoms with Crippen LogP contribution in [0.5, 0.6) is 0 Å². The number of ether oxygens (including phenoxy) is 2. The van der Waals surface area contributed by atoms with Crippen LogP contribution < -0.4 is 16.4 Å². The Bertz CT molecular complexity index is 1260. The second-order valence-corrected chi connectivity index (χ2v) is 10.0. The lowest BCUT2D eigenvalue weighted by Gasteiger charge is -2.31. The smallest absolute Gasteiger partial charge is 0.410 e. The van der Waals surface area contributed by atoms with Crippen molar-refractivity contribution in [3.63, 3.8) is 0 Å². The lowest BCUT2D eigenvalue weighted by molar-refractivity contribution is -0.137. The molecule has 14 nitrogen and oxygen atoms in total. The first-order chi connectivity index (χ1) is 18.9. The van der Waals surface area contributed by atoms with Gasteiger partial charge in [0.2, 0.25) is 5.82 Å². The molecule has 210 valence electrons. The standard InChI is InChI=1S/C25H34N8O6/c1-2-28-23(36)20-18(34)19(35)24(39-20)33-13-29-17-21(26)30-16(31-22(17)33)5-3-4-14-7-10-32(11-8-14)25(37)38-15-6-9-27-12-15/h13-15,18-20,24,27,34-35H,2,4,6-12H2,1H3,(H,28,36)(H2,26,30,31)/t15?,18-,19?,20+,24-/m1/s1. The number of carbonyl (C=O) groups excluding carboxylic acids is 2. The molecule has 0 bridgehead atoms. The highest BCUT2D eigenvalue weighted by molar-refractivity contribution is 5.83. The van der Waals surface area contributed by atoms with E-state index in [0.717, 1.165) is 25.8 Å². The number of nitrogens with two attached hydrogens (primary N) is 1. The molecule has 0 aromatic carbocycles. The predicted octanol–water partition coefficient (Wildman–Crippen LogP) is -0.884. The van der Waals surface area contributed by atoms with E-state index in [1.54, 1.807) is 11.8 Å². The summed E-state index contributed by atoms with van der Waals surface area (Å²) in [5, 5.41) is 26.7. The summed E-state index contributed by atoms with van der Waals surface area (Å²) < 4.78 is 12.7. The molecule has 14 heteroatoms. The normalized spacial score (nSPS) is 27.4. The molecule has 6 N–H and O–H groups in total. The molecule has 0 aliphatic carbocycles. The summed E-state index contributed by atoms with van der Waals surface area (Å²) in [4.78, 5) is 39.3. The maximum Gasteiger partial charge on any atom is 0.410 e. The fraction of sp³-hybridized carbons (Fsp3) is 0.640. The molecule has 0 spiro atoms. The van der Waals surface area contributed by atoms with Crippen molar-refractivity contribution in [3.8, 4) is 11.8 Å². The Labute approximate surface area is 225 Å². The quantitative estimate of drug-likeness (QED) is 0.295. The van der Waals surface area contributed by atoms with Gasteiger partial charge in [-0.3, -0.25) is 9.36 Å². The first kappa shape index (κ1) is 27.1. The van der Waals surface area contributed by atoms with Crippen LogP contribution in [0.3, 0.4) is 0 Å². The zero-order valence-corrected chi connectivity index (χ0v) is 21.7. The zero-order chi connectivity index (χ0) is 27.5. The highest BCUT2D eigenvalue weighted by atomic mass is 16.6. The molecule has 3 aliphatic heterocycles. The Kier molecular flexibility index (Phi) is 8.12. The van der Waals surface area contributed by atoms with Crippen LogP contribution in [0.2, 0.25) is 0 Å². The Morgan fingerprint density at radius 1 is 1.26 bits per heavy atom. The van der Waals surface area contributed by atoms with Gasteiger partial charge in [0.15, 0.2) is 23.8 Å². The van der Waals surface area contributed by atoms with Gasteiger partial charge >= 0.3 is 6.09 Å². The van der Waals surface area contributed by atoms with Crippen molar-refractivity contribution < 1.29 is 29.3 Å². The van der Waals surface area contributed by atoms with Crippen molar-refractivity contribution in [2.24, 2.45) is 5.92 Å².